The number of fused-ring (bicyclic) bond motifs is 10. The lowest BCUT2D eigenvalue weighted by Crippen LogP contribution is -2.11. The van der Waals surface area contributed by atoms with Crippen molar-refractivity contribution >= 4 is 71.6 Å². The largest absolute Gasteiger partial charge is 0.398 e. The minimum atomic E-state index is 0.814. The third kappa shape index (κ3) is 5.74. The summed E-state index contributed by atoms with van der Waals surface area (Å²) in [6.07, 6.45) is 11.5. The predicted molar refractivity (Wildman–Crippen MR) is 264 cm³/mol. The van der Waals surface area contributed by atoms with Crippen molar-refractivity contribution in [2.24, 2.45) is 0 Å². The van der Waals surface area contributed by atoms with Gasteiger partial charge in [0.15, 0.2) is 0 Å². The Morgan fingerprint density at radius 2 is 1.26 bits per heavy atom. The third-order valence-electron chi connectivity index (χ3n) is 12.8. The van der Waals surface area contributed by atoms with Crippen molar-refractivity contribution in [3.63, 3.8) is 0 Å². The van der Waals surface area contributed by atoms with E-state index in [4.69, 9.17) is 5.73 Å². The molecule has 62 heavy (non-hydrogen) atoms. The third-order valence-corrected chi connectivity index (χ3v) is 12.8. The Hall–Kier alpha value is -8.14. The number of anilines is 3. The van der Waals surface area contributed by atoms with Crippen LogP contribution in [0, 0.1) is 0 Å². The standard InChI is InChI=1S/C59H41N3/c1-38-12-9-10-33-61(45-14-3-2-4-15-45)55-30-26-43(36-52(38)55)44-27-31-56-53(37-44)59-47-16-6-5-13-40(47)25-32-57(59)62(56)46-28-24-41-34-39(21-23-42(41)35-46)22-29-51-49-18-8-7-17-48(49)50-19-11-20-54(60)58(50)51/h2-21,23-37H,1,22,60H2/b12-9-,33-10-,51-29-. The zero-order valence-corrected chi connectivity index (χ0v) is 34.1. The van der Waals surface area contributed by atoms with Gasteiger partial charge in [-0.2, -0.15) is 0 Å². The maximum Gasteiger partial charge on any atom is 0.0547 e. The minimum Gasteiger partial charge on any atom is -0.398 e. The Balaban J connectivity index is 0.948. The molecule has 1 aromatic heterocycles. The van der Waals surface area contributed by atoms with Crippen molar-refractivity contribution < 1.29 is 0 Å². The van der Waals surface area contributed by atoms with Crippen LogP contribution in [0.25, 0.3) is 82.4 Å². The number of nitrogen functional groups attached to an aromatic ring is 1. The van der Waals surface area contributed by atoms with Gasteiger partial charge in [-0.25, -0.2) is 0 Å². The van der Waals surface area contributed by atoms with Crippen LogP contribution in [-0.4, -0.2) is 4.57 Å². The van der Waals surface area contributed by atoms with E-state index in [0.29, 0.717) is 0 Å². The summed E-state index contributed by atoms with van der Waals surface area (Å²) in [4.78, 5) is 2.24. The van der Waals surface area contributed by atoms with Crippen LogP contribution in [0.4, 0.5) is 17.1 Å². The second kappa shape index (κ2) is 14.3. The van der Waals surface area contributed by atoms with E-state index in [0.717, 1.165) is 51.4 Å². The maximum atomic E-state index is 6.58. The second-order valence-corrected chi connectivity index (χ2v) is 16.4. The Morgan fingerprint density at radius 3 is 2.18 bits per heavy atom. The monoisotopic (exact) mass is 791 g/mol. The molecule has 0 saturated carbocycles. The first-order valence-electron chi connectivity index (χ1n) is 21.3. The summed E-state index contributed by atoms with van der Waals surface area (Å²) in [6.45, 7) is 4.49. The van der Waals surface area contributed by atoms with Crippen molar-refractivity contribution in [1.82, 2.24) is 4.57 Å². The van der Waals surface area contributed by atoms with Gasteiger partial charge in [0.2, 0.25) is 0 Å². The molecular weight excluding hydrogens is 751 g/mol. The lowest BCUT2D eigenvalue weighted by molar-refractivity contribution is 1.19. The summed E-state index contributed by atoms with van der Waals surface area (Å²) in [7, 11) is 0. The molecule has 2 aliphatic rings. The average Bonchev–Trinajstić information content (AvgIpc) is 3.83. The van der Waals surface area contributed by atoms with Crippen molar-refractivity contribution in [2.75, 3.05) is 10.6 Å². The van der Waals surface area contributed by atoms with Crippen LogP contribution >= 0.6 is 0 Å². The number of aromatic nitrogens is 1. The van der Waals surface area contributed by atoms with E-state index in [2.05, 4.69) is 222 Å². The Bertz CT molecular complexity index is 3580. The molecule has 1 aliphatic carbocycles. The molecule has 2 heterocycles. The molecule has 2 N–H and O–H groups in total. The van der Waals surface area contributed by atoms with Crippen molar-refractivity contribution in [1.29, 1.82) is 0 Å². The molecule has 0 fully saturated rings. The fraction of sp³-hybridized carbons (Fsp3) is 0.0169. The first-order chi connectivity index (χ1) is 30.6. The number of nitrogens with two attached hydrogens (primary N) is 1. The van der Waals surface area contributed by atoms with Gasteiger partial charge in [0.05, 0.1) is 16.7 Å². The van der Waals surface area contributed by atoms with Crippen LogP contribution in [0.1, 0.15) is 22.3 Å². The van der Waals surface area contributed by atoms with Crippen LogP contribution in [0.15, 0.2) is 219 Å². The number of hydrogen-bond donors (Lipinski definition) is 1. The fourth-order valence-corrected chi connectivity index (χ4v) is 9.89. The number of allylic oxidation sites excluding steroid dienone is 5. The lowest BCUT2D eigenvalue weighted by Gasteiger charge is -2.25. The highest BCUT2D eigenvalue weighted by Gasteiger charge is 2.25. The smallest absolute Gasteiger partial charge is 0.0547 e. The maximum absolute atomic E-state index is 6.58. The van der Waals surface area contributed by atoms with Crippen molar-refractivity contribution in [2.45, 2.75) is 6.42 Å². The predicted octanol–water partition coefficient (Wildman–Crippen LogP) is 15.2. The molecule has 3 nitrogen and oxygen atoms in total. The fourth-order valence-electron chi connectivity index (χ4n) is 9.89. The van der Waals surface area contributed by atoms with Crippen LogP contribution in [0.5, 0.6) is 0 Å². The zero-order valence-electron chi connectivity index (χ0n) is 34.1. The van der Waals surface area contributed by atoms with Gasteiger partial charge in [-0.3, -0.25) is 0 Å². The number of benzene rings is 9. The summed E-state index contributed by atoms with van der Waals surface area (Å²) < 4.78 is 2.44. The van der Waals surface area contributed by atoms with E-state index in [9.17, 15) is 0 Å². The van der Waals surface area contributed by atoms with Gasteiger partial charge < -0.3 is 15.2 Å². The molecule has 0 bridgehead atoms. The van der Waals surface area contributed by atoms with Crippen LogP contribution < -0.4 is 10.6 Å². The molecular formula is C59H41N3. The van der Waals surface area contributed by atoms with Gasteiger partial charge in [-0.15, -0.1) is 0 Å². The highest BCUT2D eigenvalue weighted by atomic mass is 15.1. The summed E-state index contributed by atoms with van der Waals surface area (Å²) in [5, 5.41) is 7.41. The number of nitrogens with zero attached hydrogens (tertiary/aromatic N) is 2. The van der Waals surface area contributed by atoms with Gasteiger partial charge in [-0.05, 0) is 139 Å². The molecule has 0 spiro atoms. The zero-order chi connectivity index (χ0) is 41.3. The molecule has 0 amide bonds. The molecule has 12 rings (SSSR count). The van der Waals surface area contributed by atoms with Gasteiger partial charge in [0, 0.05) is 45.2 Å². The Morgan fingerprint density at radius 1 is 0.516 bits per heavy atom. The molecule has 292 valence electrons. The second-order valence-electron chi connectivity index (χ2n) is 16.4. The van der Waals surface area contributed by atoms with E-state index < -0.39 is 0 Å². The van der Waals surface area contributed by atoms with E-state index in [1.54, 1.807) is 0 Å². The molecule has 0 saturated heterocycles. The normalized spacial score (nSPS) is 14.9. The van der Waals surface area contributed by atoms with Gasteiger partial charge in [-0.1, -0.05) is 146 Å². The summed E-state index contributed by atoms with van der Waals surface area (Å²) in [6, 6.07) is 66.2. The van der Waals surface area contributed by atoms with Gasteiger partial charge in [0.1, 0.15) is 0 Å². The summed E-state index contributed by atoms with van der Waals surface area (Å²) in [5.74, 6) is 0. The van der Waals surface area contributed by atoms with E-state index in [-0.39, 0.29) is 0 Å². The first kappa shape index (κ1) is 35.8. The van der Waals surface area contributed by atoms with Crippen molar-refractivity contribution in [3.05, 3.63) is 241 Å². The summed E-state index contributed by atoms with van der Waals surface area (Å²) >= 11 is 0. The molecule has 0 atom stereocenters. The van der Waals surface area contributed by atoms with E-state index in [1.165, 1.54) is 76.7 Å². The Labute approximate surface area is 360 Å². The number of rotatable bonds is 5. The lowest BCUT2D eigenvalue weighted by atomic mass is 9.95. The van der Waals surface area contributed by atoms with Crippen molar-refractivity contribution in [3.8, 4) is 27.9 Å². The number of hydrogen-bond acceptors (Lipinski definition) is 2. The highest BCUT2D eigenvalue weighted by molar-refractivity contribution is 6.22. The highest BCUT2D eigenvalue weighted by Crippen LogP contribution is 2.47. The van der Waals surface area contributed by atoms with E-state index in [1.807, 2.05) is 6.07 Å². The van der Waals surface area contributed by atoms with Gasteiger partial charge in [0.25, 0.3) is 0 Å². The molecule has 0 radical (unpaired) electrons. The molecule has 1 aliphatic heterocycles. The van der Waals surface area contributed by atoms with Crippen LogP contribution in [0.2, 0.25) is 0 Å². The molecule has 3 heteroatoms. The number of para-hydroxylation sites is 1. The van der Waals surface area contributed by atoms with Crippen LogP contribution in [-0.2, 0) is 6.42 Å². The van der Waals surface area contributed by atoms with Crippen LogP contribution in [0.3, 0.4) is 0 Å². The SMILES string of the molecule is C=C1/C=C\C=C/N(c2ccccc2)c2ccc(-c3ccc4c(c3)c3c5ccccc5ccc3n4-c3ccc4cc(C/C=C5/c6ccccc6-c6cccc(N)c65)ccc4c3)cc21. The molecule has 10 aromatic rings. The molecule has 9 aromatic carbocycles. The average molecular weight is 792 g/mol. The molecule has 0 unspecified atom stereocenters. The Kier molecular flexibility index (Phi) is 8.23. The topological polar surface area (TPSA) is 34.2 Å². The van der Waals surface area contributed by atoms with E-state index >= 15 is 0 Å². The quantitative estimate of drug-likeness (QED) is 0.176. The summed E-state index contributed by atoms with van der Waals surface area (Å²) in [5.41, 5.74) is 24.9. The van der Waals surface area contributed by atoms with Gasteiger partial charge >= 0.3 is 0 Å². The minimum absolute atomic E-state index is 0.814. The first-order valence-corrected chi connectivity index (χ1v) is 21.3.